The van der Waals surface area contributed by atoms with Crippen LogP contribution in [-0.4, -0.2) is 35.4 Å². The fraction of sp³-hybridized carbons (Fsp3) is 0.167. The first-order chi connectivity index (χ1) is 14.7. The number of hydrogen-bond acceptors (Lipinski definition) is 4. The van der Waals surface area contributed by atoms with Gasteiger partial charge in [-0.2, -0.15) is 0 Å². The number of aromatic nitrogens is 2. The van der Waals surface area contributed by atoms with Crippen molar-refractivity contribution in [1.82, 2.24) is 14.7 Å². The van der Waals surface area contributed by atoms with Crippen LogP contribution in [0.2, 0.25) is 0 Å². The SMILES string of the molecule is CN(CCNC(=O)c1ccc(SCc2cn3ccccc3n2)cc1)c1ccccc1. The Kier molecular flexibility index (Phi) is 6.35. The number of imidazole rings is 1. The molecule has 0 bridgehead atoms. The molecule has 30 heavy (non-hydrogen) atoms. The maximum atomic E-state index is 12.4. The second kappa shape index (κ2) is 9.50. The van der Waals surface area contributed by atoms with Crippen molar-refractivity contribution in [1.29, 1.82) is 0 Å². The third-order valence-corrected chi connectivity index (χ3v) is 5.89. The van der Waals surface area contributed by atoms with E-state index in [9.17, 15) is 4.79 Å². The van der Waals surface area contributed by atoms with E-state index in [0.29, 0.717) is 12.1 Å². The van der Waals surface area contributed by atoms with Gasteiger partial charge in [-0.05, 0) is 48.5 Å². The minimum absolute atomic E-state index is 0.0478. The van der Waals surface area contributed by atoms with Gasteiger partial charge in [-0.25, -0.2) is 4.98 Å². The molecule has 0 aliphatic heterocycles. The molecule has 0 unspecified atom stereocenters. The summed E-state index contributed by atoms with van der Waals surface area (Å²) in [5.41, 5.74) is 3.81. The van der Waals surface area contributed by atoms with Crippen LogP contribution in [0.15, 0.2) is 90.1 Å². The van der Waals surface area contributed by atoms with Gasteiger partial charge in [0.25, 0.3) is 5.91 Å². The minimum atomic E-state index is -0.0478. The zero-order chi connectivity index (χ0) is 20.8. The number of anilines is 1. The number of carbonyl (C=O) groups is 1. The second-order valence-electron chi connectivity index (χ2n) is 7.02. The Bertz CT molecular complexity index is 1080. The zero-order valence-corrected chi connectivity index (χ0v) is 17.7. The van der Waals surface area contributed by atoms with Crippen molar-refractivity contribution in [3.63, 3.8) is 0 Å². The van der Waals surface area contributed by atoms with Crippen LogP contribution < -0.4 is 10.2 Å². The van der Waals surface area contributed by atoms with Crippen molar-refractivity contribution in [2.24, 2.45) is 0 Å². The Morgan fingerprint density at radius 1 is 1.03 bits per heavy atom. The number of nitrogens with zero attached hydrogens (tertiary/aromatic N) is 3. The molecule has 0 atom stereocenters. The summed E-state index contributed by atoms with van der Waals surface area (Å²) in [5.74, 6) is 0.743. The Balaban J connectivity index is 1.25. The summed E-state index contributed by atoms with van der Waals surface area (Å²) in [6.07, 6.45) is 4.05. The predicted molar refractivity (Wildman–Crippen MR) is 123 cm³/mol. The molecule has 0 aliphatic carbocycles. The Hall–Kier alpha value is -3.25. The molecular weight excluding hydrogens is 392 g/mol. The van der Waals surface area contributed by atoms with Crippen LogP contribution in [0.4, 0.5) is 5.69 Å². The van der Waals surface area contributed by atoms with E-state index in [2.05, 4.69) is 33.5 Å². The van der Waals surface area contributed by atoms with Gasteiger partial charge >= 0.3 is 0 Å². The summed E-state index contributed by atoms with van der Waals surface area (Å²) in [6, 6.07) is 23.9. The first-order valence-corrected chi connectivity index (χ1v) is 10.9. The molecule has 4 aromatic rings. The number of rotatable bonds is 8. The largest absolute Gasteiger partial charge is 0.373 e. The summed E-state index contributed by atoms with van der Waals surface area (Å²) in [5, 5.41) is 2.99. The number of likely N-dealkylation sites (N-methyl/N-ethyl adjacent to an activating group) is 1. The van der Waals surface area contributed by atoms with Crippen LogP contribution in [0.5, 0.6) is 0 Å². The molecular formula is C24H24N4OS. The highest BCUT2D eigenvalue weighted by Gasteiger charge is 2.07. The number of para-hydroxylation sites is 1. The topological polar surface area (TPSA) is 49.6 Å². The quantitative estimate of drug-likeness (QED) is 0.430. The van der Waals surface area contributed by atoms with Crippen molar-refractivity contribution >= 4 is 29.0 Å². The Morgan fingerprint density at radius 3 is 2.57 bits per heavy atom. The first kappa shape index (κ1) is 20.0. The molecule has 5 nitrogen and oxygen atoms in total. The number of pyridine rings is 1. The molecule has 1 N–H and O–H groups in total. The molecule has 6 heteroatoms. The molecule has 2 aromatic carbocycles. The summed E-state index contributed by atoms with van der Waals surface area (Å²) in [4.78, 5) is 20.3. The summed E-state index contributed by atoms with van der Waals surface area (Å²) >= 11 is 1.71. The Labute approximate surface area is 180 Å². The van der Waals surface area contributed by atoms with Crippen molar-refractivity contribution in [2.75, 3.05) is 25.0 Å². The van der Waals surface area contributed by atoms with Crippen molar-refractivity contribution in [3.8, 4) is 0 Å². The number of nitrogens with one attached hydrogen (secondary N) is 1. The lowest BCUT2D eigenvalue weighted by molar-refractivity contribution is 0.0954. The summed E-state index contributed by atoms with van der Waals surface area (Å²) < 4.78 is 2.03. The highest BCUT2D eigenvalue weighted by molar-refractivity contribution is 7.98. The fourth-order valence-electron chi connectivity index (χ4n) is 3.17. The van der Waals surface area contributed by atoms with Crippen LogP contribution in [0.3, 0.4) is 0 Å². The lowest BCUT2D eigenvalue weighted by Crippen LogP contribution is -2.32. The van der Waals surface area contributed by atoms with E-state index in [-0.39, 0.29) is 5.91 Å². The standard InChI is InChI=1S/C24H24N4OS/c1-27(21-7-3-2-4-8-21)16-14-25-24(29)19-10-12-22(13-11-19)30-18-20-17-28-15-6-5-9-23(28)26-20/h2-13,15,17H,14,16,18H2,1H3,(H,25,29). The highest BCUT2D eigenvalue weighted by atomic mass is 32.2. The lowest BCUT2D eigenvalue weighted by atomic mass is 10.2. The second-order valence-corrected chi connectivity index (χ2v) is 8.07. The van der Waals surface area contributed by atoms with Crippen LogP contribution in [-0.2, 0) is 5.75 Å². The molecule has 0 radical (unpaired) electrons. The number of benzene rings is 2. The molecule has 4 rings (SSSR count). The number of hydrogen-bond donors (Lipinski definition) is 1. The average molecular weight is 417 g/mol. The van der Waals surface area contributed by atoms with E-state index >= 15 is 0 Å². The van der Waals surface area contributed by atoms with Gasteiger partial charge in [0.15, 0.2) is 0 Å². The molecule has 0 spiro atoms. The van der Waals surface area contributed by atoms with Gasteiger partial charge in [0.05, 0.1) is 5.69 Å². The van der Waals surface area contributed by atoms with E-state index in [0.717, 1.165) is 34.2 Å². The molecule has 1 amide bonds. The fourth-order valence-corrected chi connectivity index (χ4v) is 3.95. The number of amides is 1. The van der Waals surface area contributed by atoms with Crippen LogP contribution in [0.1, 0.15) is 16.1 Å². The van der Waals surface area contributed by atoms with Gasteiger partial charge in [-0.3, -0.25) is 4.79 Å². The van der Waals surface area contributed by atoms with Crippen molar-refractivity contribution in [2.45, 2.75) is 10.6 Å². The Morgan fingerprint density at radius 2 is 1.80 bits per heavy atom. The van der Waals surface area contributed by atoms with Gasteiger partial charge < -0.3 is 14.6 Å². The van der Waals surface area contributed by atoms with E-state index in [4.69, 9.17) is 0 Å². The average Bonchev–Trinajstić information content (AvgIpc) is 3.21. The smallest absolute Gasteiger partial charge is 0.251 e. The van der Waals surface area contributed by atoms with Crippen LogP contribution in [0.25, 0.3) is 5.65 Å². The monoisotopic (exact) mass is 416 g/mol. The van der Waals surface area contributed by atoms with Gasteiger partial charge in [0.1, 0.15) is 5.65 Å². The zero-order valence-electron chi connectivity index (χ0n) is 16.9. The summed E-state index contributed by atoms with van der Waals surface area (Å²) in [7, 11) is 2.02. The molecule has 2 aromatic heterocycles. The van der Waals surface area contributed by atoms with E-state index in [1.165, 1.54) is 0 Å². The number of carbonyl (C=O) groups excluding carboxylic acids is 1. The maximum Gasteiger partial charge on any atom is 0.251 e. The first-order valence-electron chi connectivity index (χ1n) is 9.89. The van der Waals surface area contributed by atoms with Crippen molar-refractivity contribution in [3.05, 3.63) is 96.4 Å². The molecule has 2 heterocycles. The lowest BCUT2D eigenvalue weighted by Gasteiger charge is -2.19. The maximum absolute atomic E-state index is 12.4. The number of thioether (sulfide) groups is 1. The highest BCUT2D eigenvalue weighted by Crippen LogP contribution is 2.23. The normalized spacial score (nSPS) is 10.8. The van der Waals surface area contributed by atoms with Gasteiger partial charge in [-0.15, -0.1) is 11.8 Å². The third kappa shape index (κ3) is 5.02. The molecule has 152 valence electrons. The minimum Gasteiger partial charge on any atom is -0.373 e. The van der Waals surface area contributed by atoms with Gasteiger partial charge in [0, 0.05) is 54.4 Å². The van der Waals surface area contributed by atoms with Gasteiger partial charge in [-0.1, -0.05) is 24.3 Å². The van der Waals surface area contributed by atoms with E-state index in [1.54, 1.807) is 11.8 Å². The van der Waals surface area contributed by atoms with Crippen LogP contribution in [0, 0.1) is 0 Å². The molecule has 0 saturated carbocycles. The molecule has 0 fully saturated rings. The molecule has 0 aliphatic rings. The number of fused-ring (bicyclic) bond motifs is 1. The van der Waals surface area contributed by atoms with Crippen LogP contribution >= 0.6 is 11.8 Å². The van der Waals surface area contributed by atoms with E-state index in [1.807, 2.05) is 78.3 Å². The van der Waals surface area contributed by atoms with Gasteiger partial charge in [0.2, 0.25) is 0 Å². The molecule has 0 saturated heterocycles. The van der Waals surface area contributed by atoms with Crippen molar-refractivity contribution < 1.29 is 4.79 Å². The predicted octanol–water partition coefficient (Wildman–Crippen LogP) is 4.49. The third-order valence-electron chi connectivity index (χ3n) is 4.85. The van der Waals surface area contributed by atoms with E-state index < -0.39 is 0 Å². The summed E-state index contributed by atoms with van der Waals surface area (Å²) in [6.45, 7) is 1.34.